The van der Waals surface area contributed by atoms with Crippen LogP contribution in [0.3, 0.4) is 0 Å². The zero-order valence-corrected chi connectivity index (χ0v) is 25.8. The first-order valence-corrected chi connectivity index (χ1v) is 15.1. The minimum absolute atomic E-state index is 0.0339. The van der Waals surface area contributed by atoms with Crippen LogP contribution in [0.2, 0.25) is 0 Å². The van der Waals surface area contributed by atoms with Crippen LogP contribution < -0.4 is 10.6 Å². The fraction of sp³-hybridized carbons (Fsp3) is 0.821. The molecule has 2 amide bonds. The minimum atomic E-state index is -1.02. The Balaban J connectivity index is 2.54. The molecule has 15 heteroatoms. The average molecular weight is 617 g/mol. The first-order valence-electron chi connectivity index (χ1n) is 15.1. The molecule has 248 valence electrons. The molecule has 0 aliphatic carbocycles. The molecule has 0 aromatic carbocycles. The van der Waals surface area contributed by atoms with Crippen molar-refractivity contribution in [1.82, 2.24) is 30.2 Å². The lowest BCUT2D eigenvalue weighted by molar-refractivity contribution is -0.140. The van der Waals surface area contributed by atoms with Crippen molar-refractivity contribution in [3.05, 3.63) is 0 Å². The van der Waals surface area contributed by atoms with Gasteiger partial charge < -0.3 is 30.7 Å². The summed E-state index contributed by atoms with van der Waals surface area (Å²) in [5.74, 6) is -2.69. The highest BCUT2D eigenvalue weighted by Gasteiger charge is 2.21. The molecular formula is C28H52N6O9. The molecule has 15 nitrogen and oxygen atoms in total. The van der Waals surface area contributed by atoms with Crippen molar-refractivity contribution >= 4 is 29.7 Å². The molecule has 0 saturated carbocycles. The zero-order chi connectivity index (χ0) is 32.0. The fourth-order valence-corrected chi connectivity index (χ4v) is 4.57. The van der Waals surface area contributed by atoms with Crippen LogP contribution in [0.5, 0.6) is 0 Å². The van der Waals surface area contributed by atoms with Gasteiger partial charge in [-0.25, -0.2) is 0 Å². The molecule has 0 aromatic rings. The third-order valence-corrected chi connectivity index (χ3v) is 6.95. The Kier molecular flexibility index (Phi) is 20.1. The van der Waals surface area contributed by atoms with E-state index in [-0.39, 0.29) is 64.2 Å². The molecule has 0 spiro atoms. The highest BCUT2D eigenvalue weighted by molar-refractivity contribution is 5.78. The van der Waals surface area contributed by atoms with Gasteiger partial charge in [-0.15, -0.1) is 0 Å². The molecule has 43 heavy (non-hydrogen) atoms. The van der Waals surface area contributed by atoms with Crippen LogP contribution in [-0.2, 0) is 28.7 Å². The van der Waals surface area contributed by atoms with Crippen LogP contribution in [-0.4, -0.2) is 169 Å². The largest absolute Gasteiger partial charge is 0.480 e. The van der Waals surface area contributed by atoms with E-state index >= 15 is 0 Å². The number of unbranched alkanes of at least 4 members (excludes halogenated alkanes) is 1. The molecule has 1 saturated heterocycles. The number of amides is 2. The number of nitrogens with one attached hydrogen (secondary N) is 2. The number of aliphatic carboxylic acids is 3. The number of hydrogen-bond donors (Lipinski definition) is 5. The second-order valence-corrected chi connectivity index (χ2v) is 11.2. The summed E-state index contributed by atoms with van der Waals surface area (Å²) in [4.78, 5) is 65.6. The average Bonchev–Trinajstić information content (AvgIpc) is 2.90. The maximum atomic E-state index is 12.7. The Labute approximate surface area is 254 Å². The molecule has 0 atom stereocenters. The Morgan fingerprint density at radius 1 is 0.605 bits per heavy atom. The molecular weight excluding hydrogens is 564 g/mol. The second kappa shape index (κ2) is 22.7. The van der Waals surface area contributed by atoms with E-state index in [0.29, 0.717) is 64.8 Å². The quantitative estimate of drug-likeness (QED) is 0.110. The van der Waals surface area contributed by atoms with Crippen molar-refractivity contribution in [2.75, 3.05) is 105 Å². The summed E-state index contributed by atoms with van der Waals surface area (Å²) in [6.45, 7) is 7.76. The van der Waals surface area contributed by atoms with Gasteiger partial charge in [0, 0.05) is 71.9 Å². The number of rotatable bonds is 19. The maximum Gasteiger partial charge on any atom is 0.317 e. The highest BCUT2D eigenvalue weighted by Crippen LogP contribution is 2.05. The Morgan fingerprint density at radius 3 is 1.44 bits per heavy atom. The topological polar surface area (TPSA) is 192 Å². The van der Waals surface area contributed by atoms with E-state index in [9.17, 15) is 39.3 Å². The molecule has 1 fully saturated rings. The van der Waals surface area contributed by atoms with E-state index in [1.54, 1.807) is 14.7 Å². The molecule has 0 unspecified atom stereocenters. The molecule has 0 radical (unpaired) electrons. The lowest BCUT2D eigenvalue weighted by Gasteiger charge is -2.32. The van der Waals surface area contributed by atoms with E-state index < -0.39 is 17.9 Å². The summed E-state index contributed by atoms with van der Waals surface area (Å²) in [5, 5.41) is 33.6. The van der Waals surface area contributed by atoms with Crippen molar-refractivity contribution in [3.8, 4) is 0 Å². The van der Waals surface area contributed by atoms with Crippen LogP contribution in [0, 0.1) is 5.92 Å². The summed E-state index contributed by atoms with van der Waals surface area (Å²) >= 11 is 0. The number of hydrogen-bond acceptors (Lipinski definition) is 10. The van der Waals surface area contributed by atoms with Crippen LogP contribution in [0.25, 0.3) is 0 Å². The van der Waals surface area contributed by atoms with Gasteiger partial charge in [0.25, 0.3) is 0 Å². The van der Waals surface area contributed by atoms with Crippen LogP contribution >= 0.6 is 0 Å². The normalized spacial score (nSPS) is 16.7. The molecule has 1 aliphatic rings. The third-order valence-electron chi connectivity index (χ3n) is 6.95. The van der Waals surface area contributed by atoms with Crippen LogP contribution in [0.15, 0.2) is 0 Å². The van der Waals surface area contributed by atoms with E-state index in [1.165, 1.54) is 0 Å². The van der Waals surface area contributed by atoms with Gasteiger partial charge in [-0.1, -0.05) is 26.7 Å². The van der Waals surface area contributed by atoms with Gasteiger partial charge in [0.1, 0.15) is 0 Å². The van der Waals surface area contributed by atoms with Gasteiger partial charge in [0.15, 0.2) is 0 Å². The predicted octanol–water partition coefficient (Wildman–Crippen LogP) is -1.07. The Hall–Kier alpha value is -2.85. The van der Waals surface area contributed by atoms with Crippen LogP contribution in [0.4, 0.5) is 0 Å². The Morgan fingerprint density at radius 2 is 1.02 bits per heavy atom. The number of nitrogens with zero attached hydrogens (tertiary/aromatic N) is 4. The third kappa shape index (κ3) is 21.5. The molecule has 1 rings (SSSR count). The summed E-state index contributed by atoms with van der Waals surface area (Å²) in [6, 6.07) is 0. The predicted molar refractivity (Wildman–Crippen MR) is 159 cm³/mol. The first-order chi connectivity index (χ1) is 20.4. The SMILES string of the molecule is CC(C)CCCCNC(=O)CCOCCNC(=O)CN1CCN(CC(=O)O)CCN(CC(=O)O)CCN(CC(=O)O)CC1. The zero-order valence-electron chi connectivity index (χ0n) is 25.8. The summed E-state index contributed by atoms with van der Waals surface area (Å²) in [5.41, 5.74) is 0. The van der Waals surface area contributed by atoms with Crippen molar-refractivity contribution in [2.45, 2.75) is 39.5 Å². The van der Waals surface area contributed by atoms with E-state index in [1.807, 2.05) is 4.90 Å². The number of ether oxygens (including phenoxy) is 1. The van der Waals surface area contributed by atoms with E-state index in [2.05, 4.69) is 24.5 Å². The lowest BCUT2D eigenvalue weighted by Crippen LogP contribution is -2.50. The molecule has 0 aromatic heterocycles. The first kappa shape index (κ1) is 38.2. The summed E-state index contributed by atoms with van der Waals surface area (Å²) in [7, 11) is 0. The minimum Gasteiger partial charge on any atom is -0.480 e. The van der Waals surface area contributed by atoms with Gasteiger partial charge in [0.2, 0.25) is 11.8 Å². The molecule has 1 heterocycles. The number of carboxylic acids is 3. The van der Waals surface area contributed by atoms with Crippen molar-refractivity contribution in [3.63, 3.8) is 0 Å². The maximum absolute atomic E-state index is 12.7. The fourth-order valence-electron chi connectivity index (χ4n) is 4.57. The van der Waals surface area contributed by atoms with Crippen molar-refractivity contribution < 1.29 is 44.0 Å². The molecule has 0 bridgehead atoms. The van der Waals surface area contributed by atoms with Gasteiger partial charge in [-0.05, 0) is 12.3 Å². The highest BCUT2D eigenvalue weighted by atomic mass is 16.5. The number of carbonyl (C=O) groups excluding carboxylic acids is 2. The number of carboxylic acid groups (broad SMARTS) is 3. The smallest absolute Gasteiger partial charge is 0.317 e. The number of carbonyl (C=O) groups is 5. The monoisotopic (exact) mass is 616 g/mol. The molecule has 5 N–H and O–H groups in total. The van der Waals surface area contributed by atoms with Gasteiger partial charge in [0.05, 0.1) is 39.4 Å². The van der Waals surface area contributed by atoms with E-state index in [0.717, 1.165) is 19.3 Å². The van der Waals surface area contributed by atoms with Crippen LogP contribution in [0.1, 0.15) is 39.5 Å². The van der Waals surface area contributed by atoms with Gasteiger partial charge in [-0.2, -0.15) is 0 Å². The second-order valence-electron chi connectivity index (χ2n) is 11.2. The molecule has 1 aliphatic heterocycles. The van der Waals surface area contributed by atoms with Gasteiger partial charge in [-0.3, -0.25) is 43.6 Å². The van der Waals surface area contributed by atoms with Crippen molar-refractivity contribution in [2.24, 2.45) is 5.92 Å². The van der Waals surface area contributed by atoms with Gasteiger partial charge >= 0.3 is 17.9 Å². The summed E-state index contributed by atoms with van der Waals surface area (Å²) < 4.78 is 5.48. The Bertz CT molecular complexity index is 829. The van der Waals surface area contributed by atoms with E-state index in [4.69, 9.17) is 4.74 Å². The standard InChI is InChI=1S/C28H52N6O9/c1-23(2)5-3-4-7-29-24(35)6-17-43-18-8-30-25(36)19-31-9-11-32(20-26(37)38)13-15-34(22-28(41)42)16-14-33(12-10-31)21-27(39)40/h23H,3-22H2,1-2H3,(H,29,35)(H,30,36)(H,37,38)(H,39,40)(H,41,42). The lowest BCUT2D eigenvalue weighted by atomic mass is 10.1. The van der Waals surface area contributed by atoms with Crippen molar-refractivity contribution in [1.29, 1.82) is 0 Å². The summed E-state index contributed by atoms with van der Waals surface area (Å²) in [6.07, 6.45) is 3.43.